The lowest BCUT2D eigenvalue weighted by atomic mass is 10.2. The molecule has 0 aliphatic carbocycles. The Hall–Kier alpha value is -1.32. The van der Waals surface area contributed by atoms with Crippen molar-refractivity contribution in [2.75, 3.05) is 6.54 Å². The Balaban J connectivity index is 2.27. The van der Waals surface area contributed by atoms with Gasteiger partial charge in [-0.2, -0.15) is 5.10 Å². The van der Waals surface area contributed by atoms with Gasteiger partial charge in [-0.3, -0.25) is 0 Å². The third kappa shape index (κ3) is 2.68. The first-order chi connectivity index (χ1) is 8.22. The molecule has 0 saturated heterocycles. The van der Waals surface area contributed by atoms with Crippen LogP contribution in [0.25, 0.3) is 5.69 Å². The maximum absolute atomic E-state index is 6.26. The van der Waals surface area contributed by atoms with Crippen molar-refractivity contribution in [1.82, 2.24) is 15.1 Å². The first kappa shape index (κ1) is 12.1. The zero-order valence-electron chi connectivity index (χ0n) is 10.1. The molecule has 0 radical (unpaired) electrons. The van der Waals surface area contributed by atoms with Crippen molar-refractivity contribution in [1.29, 1.82) is 0 Å². The van der Waals surface area contributed by atoms with Crippen LogP contribution in [0.2, 0.25) is 5.02 Å². The SMILES string of the molecule is CCNCc1ccn(-c2cccc(C)c2Cl)n1. The summed E-state index contributed by atoms with van der Waals surface area (Å²) in [4.78, 5) is 0. The van der Waals surface area contributed by atoms with Gasteiger partial charge in [-0.05, 0) is 31.2 Å². The molecule has 1 heterocycles. The minimum Gasteiger partial charge on any atom is -0.311 e. The van der Waals surface area contributed by atoms with Gasteiger partial charge in [-0.15, -0.1) is 0 Å². The molecular formula is C13H16ClN3. The molecule has 0 aliphatic rings. The molecule has 0 bridgehead atoms. The second-order valence-corrected chi connectivity index (χ2v) is 4.32. The molecule has 17 heavy (non-hydrogen) atoms. The molecule has 0 unspecified atom stereocenters. The van der Waals surface area contributed by atoms with Crippen molar-refractivity contribution in [3.05, 3.63) is 46.7 Å². The first-order valence-electron chi connectivity index (χ1n) is 5.73. The zero-order valence-corrected chi connectivity index (χ0v) is 10.8. The quantitative estimate of drug-likeness (QED) is 0.903. The van der Waals surface area contributed by atoms with E-state index in [0.29, 0.717) is 0 Å². The summed E-state index contributed by atoms with van der Waals surface area (Å²) in [5.74, 6) is 0. The Labute approximate surface area is 106 Å². The monoisotopic (exact) mass is 249 g/mol. The van der Waals surface area contributed by atoms with Gasteiger partial charge in [0.2, 0.25) is 0 Å². The molecule has 4 heteroatoms. The number of nitrogens with one attached hydrogen (secondary N) is 1. The van der Waals surface area contributed by atoms with Crippen molar-refractivity contribution in [3.63, 3.8) is 0 Å². The Morgan fingerprint density at radius 1 is 1.35 bits per heavy atom. The Morgan fingerprint density at radius 2 is 2.18 bits per heavy atom. The topological polar surface area (TPSA) is 29.9 Å². The molecule has 3 nitrogen and oxygen atoms in total. The van der Waals surface area contributed by atoms with Crippen molar-refractivity contribution < 1.29 is 0 Å². The third-order valence-electron chi connectivity index (χ3n) is 2.62. The third-order valence-corrected chi connectivity index (χ3v) is 3.11. The second kappa shape index (κ2) is 5.34. The van der Waals surface area contributed by atoms with Gasteiger partial charge in [0.25, 0.3) is 0 Å². The van der Waals surface area contributed by atoms with Crippen molar-refractivity contribution >= 4 is 11.6 Å². The van der Waals surface area contributed by atoms with Gasteiger partial charge in [0, 0.05) is 12.7 Å². The maximum atomic E-state index is 6.26. The van der Waals surface area contributed by atoms with Gasteiger partial charge < -0.3 is 5.32 Å². The second-order valence-electron chi connectivity index (χ2n) is 3.94. The number of hydrogen-bond acceptors (Lipinski definition) is 2. The minimum atomic E-state index is 0.755. The molecule has 2 aromatic rings. The molecule has 0 atom stereocenters. The zero-order chi connectivity index (χ0) is 12.3. The van der Waals surface area contributed by atoms with Crippen molar-refractivity contribution in [2.24, 2.45) is 0 Å². The van der Waals surface area contributed by atoms with Crippen LogP contribution in [0.3, 0.4) is 0 Å². The summed E-state index contributed by atoms with van der Waals surface area (Å²) in [5.41, 5.74) is 3.01. The number of nitrogens with zero attached hydrogens (tertiary/aromatic N) is 2. The van der Waals surface area contributed by atoms with Crippen LogP contribution >= 0.6 is 11.6 Å². The lowest BCUT2D eigenvalue weighted by molar-refractivity contribution is 0.696. The highest BCUT2D eigenvalue weighted by Crippen LogP contribution is 2.23. The number of benzene rings is 1. The highest BCUT2D eigenvalue weighted by atomic mass is 35.5. The average molecular weight is 250 g/mol. The van der Waals surface area contributed by atoms with E-state index in [9.17, 15) is 0 Å². The Bertz CT molecular complexity index is 505. The summed E-state index contributed by atoms with van der Waals surface area (Å²) < 4.78 is 1.82. The molecule has 0 saturated carbocycles. The van der Waals surface area contributed by atoms with E-state index < -0.39 is 0 Å². The molecule has 1 N–H and O–H groups in total. The summed E-state index contributed by atoms with van der Waals surface area (Å²) >= 11 is 6.26. The number of aromatic nitrogens is 2. The van der Waals surface area contributed by atoms with Gasteiger partial charge in [-0.25, -0.2) is 4.68 Å². The van der Waals surface area contributed by atoms with Gasteiger partial charge in [0.1, 0.15) is 0 Å². The normalized spacial score (nSPS) is 10.8. The van der Waals surface area contributed by atoms with Crippen LogP contribution in [0.15, 0.2) is 30.5 Å². The van der Waals surface area contributed by atoms with Crippen molar-refractivity contribution in [2.45, 2.75) is 20.4 Å². The molecule has 0 amide bonds. The molecule has 1 aromatic heterocycles. The number of halogens is 1. The predicted molar refractivity (Wildman–Crippen MR) is 70.7 cm³/mol. The van der Waals surface area contributed by atoms with E-state index in [1.54, 1.807) is 0 Å². The van der Waals surface area contributed by atoms with E-state index in [1.807, 2.05) is 42.1 Å². The van der Waals surface area contributed by atoms with Crippen LogP contribution in [0, 0.1) is 6.92 Å². The molecular weight excluding hydrogens is 234 g/mol. The smallest absolute Gasteiger partial charge is 0.0834 e. The average Bonchev–Trinajstić information content (AvgIpc) is 2.78. The molecule has 1 aromatic carbocycles. The van der Waals surface area contributed by atoms with E-state index in [1.165, 1.54) is 0 Å². The van der Waals surface area contributed by atoms with Crippen LogP contribution in [-0.4, -0.2) is 16.3 Å². The van der Waals surface area contributed by atoms with E-state index in [4.69, 9.17) is 11.6 Å². The van der Waals surface area contributed by atoms with Gasteiger partial charge in [0.15, 0.2) is 0 Å². The lowest BCUT2D eigenvalue weighted by Crippen LogP contribution is -2.12. The summed E-state index contributed by atoms with van der Waals surface area (Å²) in [6.45, 7) is 5.80. The van der Waals surface area contributed by atoms with Gasteiger partial charge in [0.05, 0.1) is 16.4 Å². The van der Waals surface area contributed by atoms with Crippen molar-refractivity contribution in [3.8, 4) is 5.69 Å². The summed E-state index contributed by atoms with van der Waals surface area (Å²) in [5, 5.41) is 8.49. The summed E-state index contributed by atoms with van der Waals surface area (Å²) in [6.07, 6.45) is 1.94. The number of hydrogen-bond donors (Lipinski definition) is 1. The van der Waals surface area contributed by atoms with Crippen LogP contribution in [0.4, 0.5) is 0 Å². The van der Waals surface area contributed by atoms with Crippen LogP contribution in [0.5, 0.6) is 0 Å². The number of rotatable bonds is 4. The Morgan fingerprint density at radius 3 is 2.94 bits per heavy atom. The highest BCUT2D eigenvalue weighted by molar-refractivity contribution is 6.33. The fraction of sp³-hybridized carbons (Fsp3) is 0.308. The highest BCUT2D eigenvalue weighted by Gasteiger charge is 2.06. The standard InChI is InChI=1S/C13H16ClN3/c1-3-15-9-11-7-8-17(16-11)12-6-4-5-10(2)13(12)14/h4-8,15H,3,9H2,1-2H3. The molecule has 0 aliphatic heterocycles. The predicted octanol–water partition coefficient (Wildman–Crippen LogP) is 2.94. The molecule has 0 fully saturated rings. The maximum Gasteiger partial charge on any atom is 0.0834 e. The van der Waals surface area contributed by atoms with Crippen LogP contribution in [0.1, 0.15) is 18.2 Å². The molecule has 0 spiro atoms. The van der Waals surface area contributed by atoms with Gasteiger partial charge >= 0.3 is 0 Å². The summed E-state index contributed by atoms with van der Waals surface area (Å²) in [6, 6.07) is 7.96. The van der Waals surface area contributed by atoms with Crippen LogP contribution < -0.4 is 5.32 Å². The molecule has 2 rings (SSSR count). The fourth-order valence-electron chi connectivity index (χ4n) is 1.65. The summed E-state index contributed by atoms with van der Waals surface area (Å²) in [7, 11) is 0. The van der Waals surface area contributed by atoms with E-state index in [2.05, 4.69) is 17.3 Å². The van der Waals surface area contributed by atoms with E-state index in [-0.39, 0.29) is 0 Å². The Kier molecular flexibility index (Phi) is 3.82. The van der Waals surface area contributed by atoms with Gasteiger partial charge in [-0.1, -0.05) is 30.7 Å². The fourth-order valence-corrected chi connectivity index (χ4v) is 1.86. The number of aryl methyl sites for hydroxylation is 1. The largest absolute Gasteiger partial charge is 0.311 e. The first-order valence-corrected chi connectivity index (χ1v) is 6.11. The van der Waals surface area contributed by atoms with E-state index in [0.717, 1.165) is 35.1 Å². The molecule has 90 valence electrons. The lowest BCUT2D eigenvalue weighted by Gasteiger charge is -2.06. The van der Waals surface area contributed by atoms with Crippen LogP contribution in [-0.2, 0) is 6.54 Å². The van der Waals surface area contributed by atoms with E-state index >= 15 is 0 Å². The minimum absolute atomic E-state index is 0.755.